The lowest BCUT2D eigenvalue weighted by Gasteiger charge is -2.10. The molecule has 0 unspecified atom stereocenters. The number of aryl methyl sites for hydroxylation is 2. The largest absolute Gasteiger partial charge is 0.399 e. The molecule has 0 bridgehead atoms. The molecule has 4 nitrogen and oxygen atoms in total. The Bertz CT molecular complexity index is 528. The van der Waals surface area contributed by atoms with Crippen molar-refractivity contribution in [1.29, 1.82) is 0 Å². The number of nitrogen functional groups attached to an aromatic ring is 1. The van der Waals surface area contributed by atoms with Crippen molar-refractivity contribution in [2.45, 2.75) is 20.4 Å². The van der Waals surface area contributed by atoms with Gasteiger partial charge in [-0.1, -0.05) is 12.1 Å². The van der Waals surface area contributed by atoms with E-state index in [2.05, 4.69) is 16.5 Å². The van der Waals surface area contributed by atoms with Crippen LogP contribution in [0.25, 0.3) is 0 Å². The van der Waals surface area contributed by atoms with E-state index in [0.29, 0.717) is 0 Å². The van der Waals surface area contributed by atoms with Crippen LogP contribution in [0.3, 0.4) is 0 Å². The van der Waals surface area contributed by atoms with Crippen LogP contribution in [0.5, 0.6) is 0 Å². The third-order valence-corrected chi connectivity index (χ3v) is 2.95. The Morgan fingerprint density at radius 2 is 2.12 bits per heavy atom. The van der Waals surface area contributed by atoms with E-state index >= 15 is 0 Å². The van der Waals surface area contributed by atoms with Gasteiger partial charge in [-0.2, -0.15) is 5.10 Å². The molecule has 2 aromatic rings. The minimum Gasteiger partial charge on any atom is -0.399 e. The van der Waals surface area contributed by atoms with Crippen LogP contribution in [0, 0.1) is 13.8 Å². The highest BCUT2D eigenvalue weighted by Crippen LogP contribution is 2.17. The topological polar surface area (TPSA) is 55.9 Å². The Morgan fingerprint density at radius 3 is 2.76 bits per heavy atom. The quantitative estimate of drug-likeness (QED) is 0.795. The number of anilines is 2. The molecule has 0 aliphatic carbocycles. The normalized spacial score (nSPS) is 10.5. The van der Waals surface area contributed by atoms with E-state index in [1.54, 1.807) is 0 Å². The van der Waals surface area contributed by atoms with Crippen LogP contribution in [0.2, 0.25) is 0 Å². The van der Waals surface area contributed by atoms with Crippen LogP contribution in [0.4, 0.5) is 11.5 Å². The molecule has 0 fully saturated rings. The monoisotopic (exact) mass is 230 g/mol. The lowest BCUT2D eigenvalue weighted by Crippen LogP contribution is -2.06. The van der Waals surface area contributed by atoms with Crippen molar-refractivity contribution < 1.29 is 0 Å². The fourth-order valence-electron chi connectivity index (χ4n) is 1.86. The molecule has 1 aromatic heterocycles. The molecule has 2 rings (SSSR count). The molecule has 1 aromatic carbocycles. The molecular formula is C13H18N4. The Kier molecular flexibility index (Phi) is 3.04. The van der Waals surface area contributed by atoms with Crippen LogP contribution < -0.4 is 11.1 Å². The SMILES string of the molecule is Cc1cc(NCc2cccc(N)c2C)n(C)n1. The first kappa shape index (κ1) is 11.5. The van der Waals surface area contributed by atoms with Crippen LogP contribution in [0.15, 0.2) is 24.3 Å². The first-order valence-corrected chi connectivity index (χ1v) is 5.66. The van der Waals surface area contributed by atoms with Crippen molar-refractivity contribution in [3.63, 3.8) is 0 Å². The average molecular weight is 230 g/mol. The second kappa shape index (κ2) is 4.49. The Labute approximate surface area is 101 Å². The van der Waals surface area contributed by atoms with Gasteiger partial charge in [0.2, 0.25) is 0 Å². The fraction of sp³-hybridized carbons (Fsp3) is 0.308. The Balaban J connectivity index is 2.12. The van der Waals surface area contributed by atoms with Crippen LogP contribution in [-0.2, 0) is 13.6 Å². The molecule has 0 atom stereocenters. The molecule has 4 heteroatoms. The smallest absolute Gasteiger partial charge is 0.124 e. The van der Waals surface area contributed by atoms with E-state index in [1.165, 1.54) is 5.56 Å². The van der Waals surface area contributed by atoms with Gasteiger partial charge in [-0.05, 0) is 31.0 Å². The van der Waals surface area contributed by atoms with Gasteiger partial charge in [0.25, 0.3) is 0 Å². The van der Waals surface area contributed by atoms with Crippen molar-refractivity contribution in [3.8, 4) is 0 Å². The fourth-order valence-corrected chi connectivity index (χ4v) is 1.86. The third-order valence-electron chi connectivity index (χ3n) is 2.95. The first-order chi connectivity index (χ1) is 8.08. The highest BCUT2D eigenvalue weighted by atomic mass is 15.3. The standard InChI is InChI=1S/C13H18N4/c1-9-7-13(17(3)16-9)15-8-11-5-4-6-12(14)10(11)2/h4-7,15H,8,14H2,1-3H3. The Morgan fingerprint density at radius 1 is 1.35 bits per heavy atom. The predicted octanol–water partition coefficient (Wildman–Crippen LogP) is 2.23. The molecular weight excluding hydrogens is 212 g/mol. The molecule has 0 aliphatic rings. The molecule has 0 aliphatic heterocycles. The van der Waals surface area contributed by atoms with Gasteiger partial charge in [0.05, 0.1) is 5.69 Å². The van der Waals surface area contributed by atoms with Gasteiger partial charge in [0.15, 0.2) is 0 Å². The zero-order chi connectivity index (χ0) is 12.4. The number of nitrogens with one attached hydrogen (secondary N) is 1. The minimum atomic E-state index is 0.760. The highest BCUT2D eigenvalue weighted by molar-refractivity contribution is 5.51. The van der Waals surface area contributed by atoms with Gasteiger partial charge >= 0.3 is 0 Å². The second-order valence-corrected chi connectivity index (χ2v) is 4.28. The van der Waals surface area contributed by atoms with Crippen LogP contribution in [0.1, 0.15) is 16.8 Å². The highest BCUT2D eigenvalue weighted by Gasteiger charge is 2.04. The van der Waals surface area contributed by atoms with E-state index in [9.17, 15) is 0 Å². The second-order valence-electron chi connectivity index (χ2n) is 4.28. The maximum Gasteiger partial charge on any atom is 0.124 e. The number of hydrogen-bond acceptors (Lipinski definition) is 3. The summed E-state index contributed by atoms with van der Waals surface area (Å²) < 4.78 is 1.84. The van der Waals surface area contributed by atoms with Crippen molar-refractivity contribution in [2.75, 3.05) is 11.1 Å². The van der Waals surface area contributed by atoms with Gasteiger partial charge in [-0.3, -0.25) is 4.68 Å². The van der Waals surface area contributed by atoms with Crippen molar-refractivity contribution in [1.82, 2.24) is 9.78 Å². The van der Waals surface area contributed by atoms with E-state index in [4.69, 9.17) is 5.73 Å². The zero-order valence-corrected chi connectivity index (χ0v) is 10.5. The number of aromatic nitrogens is 2. The summed E-state index contributed by atoms with van der Waals surface area (Å²) in [6, 6.07) is 8.02. The first-order valence-electron chi connectivity index (χ1n) is 5.66. The molecule has 0 spiro atoms. The summed E-state index contributed by atoms with van der Waals surface area (Å²) >= 11 is 0. The van der Waals surface area contributed by atoms with Gasteiger partial charge < -0.3 is 11.1 Å². The molecule has 1 heterocycles. The van der Waals surface area contributed by atoms with Crippen molar-refractivity contribution in [2.24, 2.45) is 7.05 Å². The number of nitrogens with two attached hydrogens (primary N) is 1. The van der Waals surface area contributed by atoms with E-state index in [1.807, 2.05) is 43.8 Å². The van der Waals surface area contributed by atoms with Crippen LogP contribution in [-0.4, -0.2) is 9.78 Å². The van der Waals surface area contributed by atoms with Crippen molar-refractivity contribution >= 4 is 11.5 Å². The lowest BCUT2D eigenvalue weighted by molar-refractivity contribution is 0.758. The summed E-state index contributed by atoms with van der Waals surface area (Å²) in [5.74, 6) is 1.02. The maximum absolute atomic E-state index is 5.88. The molecule has 17 heavy (non-hydrogen) atoms. The Hall–Kier alpha value is -1.97. The van der Waals surface area contributed by atoms with E-state index < -0.39 is 0 Å². The van der Waals surface area contributed by atoms with Crippen molar-refractivity contribution in [3.05, 3.63) is 41.1 Å². The molecule has 0 radical (unpaired) electrons. The lowest BCUT2D eigenvalue weighted by atomic mass is 10.1. The number of nitrogens with zero attached hydrogens (tertiary/aromatic N) is 2. The summed E-state index contributed by atoms with van der Waals surface area (Å²) in [6.45, 7) is 4.79. The number of benzene rings is 1. The summed E-state index contributed by atoms with van der Waals surface area (Å²) in [6.07, 6.45) is 0. The molecule has 90 valence electrons. The number of hydrogen-bond donors (Lipinski definition) is 2. The van der Waals surface area contributed by atoms with Gasteiger partial charge in [-0.15, -0.1) is 0 Å². The summed E-state index contributed by atoms with van der Waals surface area (Å²) in [5.41, 5.74) is 10.1. The van der Waals surface area contributed by atoms with Gasteiger partial charge in [0, 0.05) is 25.3 Å². The van der Waals surface area contributed by atoms with Crippen LogP contribution >= 0.6 is 0 Å². The van der Waals surface area contributed by atoms with Gasteiger partial charge in [0.1, 0.15) is 5.82 Å². The minimum absolute atomic E-state index is 0.760. The maximum atomic E-state index is 5.88. The predicted molar refractivity (Wildman–Crippen MR) is 70.9 cm³/mol. The summed E-state index contributed by atoms with van der Waals surface area (Å²) in [5, 5.41) is 7.66. The molecule has 0 saturated carbocycles. The molecule has 3 N–H and O–H groups in total. The summed E-state index contributed by atoms with van der Waals surface area (Å²) in [4.78, 5) is 0. The summed E-state index contributed by atoms with van der Waals surface area (Å²) in [7, 11) is 1.93. The number of rotatable bonds is 3. The van der Waals surface area contributed by atoms with E-state index in [-0.39, 0.29) is 0 Å². The van der Waals surface area contributed by atoms with E-state index in [0.717, 1.165) is 29.3 Å². The van der Waals surface area contributed by atoms with Gasteiger partial charge in [-0.25, -0.2) is 0 Å². The average Bonchev–Trinajstić information content (AvgIpc) is 2.60. The molecule has 0 amide bonds. The zero-order valence-electron chi connectivity index (χ0n) is 10.5. The third kappa shape index (κ3) is 2.41. The molecule has 0 saturated heterocycles.